The molecule has 0 unspecified atom stereocenters. The van der Waals surface area contributed by atoms with Gasteiger partial charge in [-0.15, -0.1) is 0 Å². The molecule has 0 spiro atoms. The second-order valence-corrected chi connectivity index (χ2v) is 3.26. The van der Waals surface area contributed by atoms with Crippen LogP contribution in [-0.2, 0) is 6.42 Å². The van der Waals surface area contributed by atoms with Gasteiger partial charge in [0.1, 0.15) is 5.75 Å². The van der Waals surface area contributed by atoms with Crippen molar-refractivity contribution in [3.05, 3.63) is 29.3 Å². The molecule has 64 valence electrons. The number of aryl methyl sites for hydroxylation is 1. The Bertz CT molecular complexity index is 294. The maximum absolute atomic E-state index is 9.58. The molecule has 2 heteroatoms. The largest absolute Gasteiger partial charge is 0.508 e. The fourth-order valence-corrected chi connectivity index (χ4v) is 1.83. The molecule has 0 aromatic heterocycles. The van der Waals surface area contributed by atoms with E-state index in [4.69, 9.17) is 0 Å². The van der Waals surface area contributed by atoms with Crippen molar-refractivity contribution >= 4 is 0 Å². The number of fused-ring (bicyclic) bond motifs is 1. The Kier molecular flexibility index (Phi) is 1.77. The number of aliphatic hydroxyl groups excluding tert-OH is 1. The summed E-state index contributed by atoms with van der Waals surface area (Å²) in [4.78, 5) is 0. The van der Waals surface area contributed by atoms with Crippen LogP contribution in [0.1, 0.15) is 30.1 Å². The van der Waals surface area contributed by atoms with Gasteiger partial charge in [0, 0.05) is 5.56 Å². The average molecular weight is 164 g/mol. The molecule has 1 aromatic rings. The third kappa shape index (κ3) is 1.08. The van der Waals surface area contributed by atoms with Crippen LogP contribution in [0, 0.1) is 0 Å². The molecule has 0 aliphatic heterocycles. The molecule has 2 nitrogen and oxygen atoms in total. The van der Waals surface area contributed by atoms with E-state index in [0.717, 1.165) is 30.4 Å². The molecule has 2 rings (SSSR count). The van der Waals surface area contributed by atoms with E-state index in [-0.39, 0.29) is 5.75 Å². The van der Waals surface area contributed by atoms with E-state index in [1.54, 1.807) is 6.07 Å². The average Bonchev–Trinajstić information content (AvgIpc) is 2.04. The first-order chi connectivity index (χ1) is 5.79. The van der Waals surface area contributed by atoms with Gasteiger partial charge in [0.15, 0.2) is 0 Å². The van der Waals surface area contributed by atoms with Crippen LogP contribution in [0.25, 0.3) is 0 Å². The van der Waals surface area contributed by atoms with Gasteiger partial charge < -0.3 is 10.2 Å². The number of phenols is 1. The molecule has 0 bridgehead atoms. The SMILES string of the molecule is Oc1cccc2c1[C@@H](O)CCC2. The molecule has 0 fully saturated rings. The highest BCUT2D eigenvalue weighted by atomic mass is 16.3. The zero-order chi connectivity index (χ0) is 8.55. The third-order valence-corrected chi connectivity index (χ3v) is 2.43. The van der Waals surface area contributed by atoms with Crippen LogP contribution in [0.2, 0.25) is 0 Å². The molecular formula is C10H12O2. The van der Waals surface area contributed by atoms with E-state index in [1.807, 2.05) is 12.1 Å². The van der Waals surface area contributed by atoms with E-state index in [9.17, 15) is 10.2 Å². The quantitative estimate of drug-likeness (QED) is 0.613. The zero-order valence-electron chi connectivity index (χ0n) is 6.83. The van der Waals surface area contributed by atoms with Gasteiger partial charge in [-0.1, -0.05) is 12.1 Å². The summed E-state index contributed by atoms with van der Waals surface area (Å²) in [5.41, 5.74) is 1.83. The van der Waals surface area contributed by atoms with E-state index in [1.165, 1.54) is 0 Å². The van der Waals surface area contributed by atoms with Crippen molar-refractivity contribution in [3.8, 4) is 5.75 Å². The van der Waals surface area contributed by atoms with Gasteiger partial charge in [-0.2, -0.15) is 0 Å². The lowest BCUT2D eigenvalue weighted by atomic mass is 9.89. The monoisotopic (exact) mass is 164 g/mol. The van der Waals surface area contributed by atoms with Gasteiger partial charge in [0.05, 0.1) is 6.10 Å². The lowest BCUT2D eigenvalue weighted by molar-refractivity contribution is 0.153. The molecule has 0 radical (unpaired) electrons. The molecule has 0 saturated heterocycles. The van der Waals surface area contributed by atoms with Gasteiger partial charge in [-0.25, -0.2) is 0 Å². The van der Waals surface area contributed by atoms with Crippen molar-refractivity contribution < 1.29 is 10.2 Å². The van der Waals surface area contributed by atoms with E-state index >= 15 is 0 Å². The highest BCUT2D eigenvalue weighted by Crippen LogP contribution is 2.35. The number of phenolic OH excluding ortho intramolecular Hbond substituents is 1. The summed E-state index contributed by atoms with van der Waals surface area (Å²) in [6, 6.07) is 5.43. The van der Waals surface area contributed by atoms with Gasteiger partial charge in [0.25, 0.3) is 0 Å². The molecule has 1 aliphatic rings. The van der Waals surface area contributed by atoms with E-state index in [0.29, 0.717) is 0 Å². The van der Waals surface area contributed by atoms with Gasteiger partial charge in [-0.05, 0) is 30.9 Å². The minimum atomic E-state index is -0.463. The topological polar surface area (TPSA) is 40.5 Å². The minimum Gasteiger partial charge on any atom is -0.508 e. The standard InChI is InChI=1S/C10H12O2/c11-8-5-1-3-7-4-2-6-9(12)10(7)8/h1,3,5,9,11-12H,2,4,6H2/t9-/m0/s1. The number of rotatable bonds is 0. The van der Waals surface area contributed by atoms with Crippen molar-refractivity contribution in [2.24, 2.45) is 0 Å². The molecule has 1 atom stereocenters. The van der Waals surface area contributed by atoms with Crippen LogP contribution in [0.3, 0.4) is 0 Å². The molecule has 2 N–H and O–H groups in total. The first-order valence-electron chi connectivity index (χ1n) is 4.28. The summed E-state index contributed by atoms with van der Waals surface area (Å²) in [6.07, 6.45) is 2.29. The van der Waals surface area contributed by atoms with Crippen LogP contribution in [0.5, 0.6) is 5.75 Å². The van der Waals surface area contributed by atoms with Crippen molar-refractivity contribution in [3.63, 3.8) is 0 Å². The van der Waals surface area contributed by atoms with Crippen LogP contribution >= 0.6 is 0 Å². The lowest BCUT2D eigenvalue weighted by Gasteiger charge is -2.21. The summed E-state index contributed by atoms with van der Waals surface area (Å²) in [7, 11) is 0. The van der Waals surface area contributed by atoms with E-state index in [2.05, 4.69) is 0 Å². The second kappa shape index (κ2) is 2.79. The summed E-state index contributed by atoms with van der Waals surface area (Å²) < 4.78 is 0. The predicted octanol–water partition coefficient (Wildman–Crippen LogP) is 1.76. The Labute approximate surface area is 71.5 Å². The summed E-state index contributed by atoms with van der Waals surface area (Å²) in [5, 5.41) is 19.0. The Morgan fingerprint density at radius 1 is 1.33 bits per heavy atom. The van der Waals surface area contributed by atoms with Crippen molar-refractivity contribution in [2.75, 3.05) is 0 Å². The fraction of sp³-hybridized carbons (Fsp3) is 0.400. The summed E-state index contributed by atoms with van der Waals surface area (Å²) >= 11 is 0. The fourth-order valence-electron chi connectivity index (χ4n) is 1.83. The van der Waals surface area contributed by atoms with Gasteiger partial charge in [-0.3, -0.25) is 0 Å². The molecule has 1 aromatic carbocycles. The summed E-state index contributed by atoms with van der Waals surface area (Å²) in [6.45, 7) is 0. The van der Waals surface area contributed by atoms with E-state index < -0.39 is 6.10 Å². The lowest BCUT2D eigenvalue weighted by Crippen LogP contribution is -2.08. The highest BCUT2D eigenvalue weighted by Gasteiger charge is 2.20. The van der Waals surface area contributed by atoms with Crippen LogP contribution < -0.4 is 0 Å². The van der Waals surface area contributed by atoms with Crippen LogP contribution in [-0.4, -0.2) is 10.2 Å². The van der Waals surface area contributed by atoms with Crippen molar-refractivity contribution in [1.29, 1.82) is 0 Å². The molecule has 12 heavy (non-hydrogen) atoms. The smallest absolute Gasteiger partial charge is 0.121 e. The number of aromatic hydroxyl groups is 1. The molecule has 0 saturated carbocycles. The normalized spacial score (nSPS) is 21.9. The van der Waals surface area contributed by atoms with Crippen molar-refractivity contribution in [1.82, 2.24) is 0 Å². The first-order valence-corrected chi connectivity index (χ1v) is 4.28. The molecular weight excluding hydrogens is 152 g/mol. The maximum Gasteiger partial charge on any atom is 0.121 e. The number of hydrogen-bond donors (Lipinski definition) is 2. The predicted molar refractivity (Wildman–Crippen MR) is 46.0 cm³/mol. The number of hydrogen-bond acceptors (Lipinski definition) is 2. The van der Waals surface area contributed by atoms with Crippen LogP contribution in [0.15, 0.2) is 18.2 Å². The van der Waals surface area contributed by atoms with Crippen molar-refractivity contribution in [2.45, 2.75) is 25.4 Å². The Hall–Kier alpha value is -1.02. The zero-order valence-corrected chi connectivity index (χ0v) is 6.83. The highest BCUT2D eigenvalue weighted by molar-refractivity contribution is 5.42. The number of benzene rings is 1. The first kappa shape index (κ1) is 7.62. The molecule has 0 heterocycles. The minimum absolute atomic E-state index is 0.236. The molecule has 1 aliphatic carbocycles. The Morgan fingerprint density at radius 3 is 2.92 bits per heavy atom. The van der Waals surface area contributed by atoms with Gasteiger partial charge in [0.2, 0.25) is 0 Å². The number of aliphatic hydroxyl groups is 1. The van der Waals surface area contributed by atoms with Crippen LogP contribution in [0.4, 0.5) is 0 Å². The Balaban J connectivity index is 2.53. The van der Waals surface area contributed by atoms with Gasteiger partial charge >= 0.3 is 0 Å². The molecule has 0 amide bonds. The third-order valence-electron chi connectivity index (χ3n) is 2.43. The Morgan fingerprint density at radius 2 is 2.17 bits per heavy atom. The second-order valence-electron chi connectivity index (χ2n) is 3.26. The summed E-state index contributed by atoms with van der Waals surface area (Å²) in [5.74, 6) is 0.236. The maximum atomic E-state index is 9.58.